The van der Waals surface area contributed by atoms with Gasteiger partial charge in [-0.3, -0.25) is 14.4 Å². The van der Waals surface area contributed by atoms with Crippen molar-refractivity contribution < 1.29 is 38.1 Å². The van der Waals surface area contributed by atoms with E-state index in [1.54, 1.807) is 0 Å². The van der Waals surface area contributed by atoms with E-state index in [4.69, 9.17) is 23.7 Å². The molecule has 1 heterocycles. The Morgan fingerprint density at radius 2 is 0.953 bits per heavy atom. The zero-order valence-corrected chi connectivity index (χ0v) is 41.6. The molecule has 0 amide bonds. The van der Waals surface area contributed by atoms with Gasteiger partial charge in [0.15, 0.2) is 6.29 Å². The number of ether oxygens (including phenoxy) is 5. The monoisotopic (exact) mass is 900 g/mol. The van der Waals surface area contributed by atoms with Crippen molar-refractivity contribution in [2.75, 3.05) is 46.1 Å². The minimum absolute atomic E-state index is 0.117. The molecular formula is C55H97NO8. The van der Waals surface area contributed by atoms with Crippen molar-refractivity contribution in [1.29, 1.82) is 0 Å². The minimum Gasteiger partial charge on any atom is -0.466 e. The van der Waals surface area contributed by atoms with Crippen LogP contribution in [0.5, 0.6) is 0 Å². The molecule has 9 heteroatoms. The van der Waals surface area contributed by atoms with Gasteiger partial charge < -0.3 is 28.6 Å². The van der Waals surface area contributed by atoms with E-state index in [1.807, 2.05) is 0 Å². The van der Waals surface area contributed by atoms with Crippen LogP contribution in [0, 0.1) is 0 Å². The molecule has 0 spiro atoms. The maximum absolute atomic E-state index is 12.9. The van der Waals surface area contributed by atoms with Crippen LogP contribution in [0.4, 0.5) is 0 Å². The molecule has 64 heavy (non-hydrogen) atoms. The summed E-state index contributed by atoms with van der Waals surface area (Å²) < 4.78 is 29.3. The highest BCUT2D eigenvalue weighted by Gasteiger charge is 2.17. The van der Waals surface area contributed by atoms with Crippen molar-refractivity contribution in [1.82, 2.24) is 4.90 Å². The Balaban J connectivity index is 2.35. The smallest absolute Gasteiger partial charge is 0.306 e. The first-order valence-corrected chi connectivity index (χ1v) is 26.5. The normalized spacial score (nSPS) is 14.0. The van der Waals surface area contributed by atoms with Crippen LogP contribution in [-0.2, 0) is 38.1 Å². The third-order valence-electron chi connectivity index (χ3n) is 11.6. The quantitative estimate of drug-likeness (QED) is 0.0194. The van der Waals surface area contributed by atoms with Crippen LogP contribution >= 0.6 is 0 Å². The maximum atomic E-state index is 12.9. The highest BCUT2D eigenvalue weighted by atomic mass is 16.7. The average molecular weight is 900 g/mol. The Bertz CT molecular complexity index is 1170. The summed E-state index contributed by atoms with van der Waals surface area (Å²) in [5.41, 5.74) is 0. The van der Waals surface area contributed by atoms with Crippen molar-refractivity contribution in [3.8, 4) is 0 Å². The first-order valence-electron chi connectivity index (χ1n) is 26.5. The number of hydrogen-bond donors (Lipinski definition) is 0. The molecule has 0 N–H and O–H groups in total. The van der Waals surface area contributed by atoms with E-state index in [0.717, 1.165) is 135 Å². The van der Waals surface area contributed by atoms with Crippen LogP contribution in [0.3, 0.4) is 0 Å². The molecule has 0 aromatic heterocycles. The predicted molar refractivity (Wildman–Crippen MR) is 265 cm³/mol. The fraction of sp³-hybridized carbons (Fsp3) is 0.800. The lowest BCUT2D eigenvalue weighted by molar-refractivity contribution is -0.159. The Kier molecular flexibility index (Phi) is 43.3. The topological polar surface area (TPSA) is 101 Å². The van der Waals surface area contributed by atoms with Crippen LogP contribution < -0.4 is 0 Å². The van der Waals surface area contributed by atoms with Gasteiger partial charge in [-0.05, 0) is 167 Å². The van der Waals surface area contributed by atoms with Crippen LogP contribution in [0.2, 0.25) is 0 Å². The van der Waals surface area contributed by atoms with E-state index in [2.05, 4.69) is 74.3 Å². The number of carbonyl (C=O) groups is 3. The standard InChI is InChI=1S/C55H97NO8/c1-4-7-10-13-16-17-18-19-20-21-22-23-24-25-28-40-52(57)60-47-35-29-38-51(64-54(59)41-37-46-56-44-31-32-45-56)39-30-36-48-61-53(58)42-43-55(62-49-33-26-14-11-8-5-2)63-50-34-27-15-12-9-6-3/h8-9,11-12,16-17,19-20,51,55H,4-7,10,13-15,18,21-50H2,1-3H3/b11-8-,12-9-,17-16-,20-19-. The van der Waals surface area contributed by atoms with Gasteiger partial charge >= 0.3 is 17.9 Å². The summed E-state index contributed by atoms with van der Waals surface area (Å²) >= 11 is 0. The molecule has 0 bridgehead atoms. The van der Waals surface area contributed by atoms with Gasteiger partial charge in [0.2, 0.25) is 0 Å². The molecule has 370 valence electrons. The van der Waals surface area contributed by atoms with Gasteiger partial charge in [-0.1, -0.05) is 101 Å². The molecule has 0 aliphatic carbocycles. The molecule has 0 saturated carbocycles. The highest BCUT2D eigenvalue weighted by Crippen LogP contribution is 2.17. The van der Waals surface area contributed by atoms with Crippen LogP contribution in [-0.4, -0.2) is 81.3 Å². The summed E-state index contributed by atoms with van der Waals surface area (Å²) in [6.07, 6.45) is 47.9. The highest BCUT2D eigenvalue weighted by molar-refractivity contribution is 5.70. The molecule has 1 aliphatic rings. The summed E-state index contributed by atoms with van der Waals surface area (Å²) in [4.78, 5) is 40.3. The summed E-state index contributed by atoms with van der Waals surface area (Å²) in [6.45, 7) is 11.7. The fourth-order valence-electron chi connectivity index (χ4n) is 7.68. The maximum Gasteiger partial charge on any atom is 0.306 e. The van der Waals surface area contributed by atoms with Gasteiger partial charge in [0.25, 0.3) is 0 Å². The zero-order chi connectivity index (χ0) is 46.2. The number of nitrogens with zero attached hydrogens (tertiary/aromatic N) is 1. The molecule has 1 aliphatic heterocycles. The predicted octanol–water partition coefficient (Wildman–Crippen LogP) is 14.4. The van der Waals surface area contributed by atoms with E-state index in [0.29, 0.717) is 58.5 Å². The lowest BCUT2D eigenvalue weighted by Crippen LogP contribution is -2.23. The van der Waals surface area contributed by atoms with E-state index in [9.17, 15) is 14.4 Å². The number of hydrogen-bond acceptors (Lipinski definition) is 9. The van der Waals surface area contributed by atoms with Gasteiger partial charge in [0, 0.05) is 32.5 Å². The summed E-state index contributed by atoms with van der Waals surface area (Å²) in [5.74, 6) is -0.494. The number of carbonyl (C=O) groups excluding carboxylic acids is 3. The fourth-order valence-corrected chi connectivity index (χ4v) is 7.68. The molecule has 0 aromatic carbocycles. The van der Waals surface area contributed by atoms with E-state index in [-0.39, 0.29) is 30.4 Å². The van der Waals surface area contributed by atoms with Crippen molar-refractivity contribution in [3.05, 3.63) is 48.6 Å². The molecule has 9 nitrogen and oxygen atoms in total. The van der Waals surface area contributed by atoms with E-state index >= 15 is 0 Å². The lowest BCUT2D eigenvalue weighted by atomic mass is 10.1. The third-order valence-corrected chi connectivity index (χ3v) is 11.6. The summed E-state index contributed by atoms with van der Waals surface area (Å²) in [7, 11) is 0. The molecule has 1 fully saturated rings. The number of likely N-dealkylation sites (tertiary alicyclic amines) is 1. The Morgan fingerprint density at radius 1 is 0.469 bits per heavy atom. The minimum atomic E-state index is -0.408. The summed E-state index contributed by atoms with van der Waals surface area (Å²) in [5, 5.41) is 0. The third kappa shape index (κ3) is 40.7. The molecule has 0 radical (unpaired) electrons. The van der Waals surface area contributed by atoms with Crippen molar-refractivity contribution >= 4 is 17.9 Å². The van der Waals surface area contributed by atoms with Gasteiger partial charge in [-0.25, -0.2) is 0 Å². The Morgan fingerprint density at radius 3 is 1.53 bits per heavy atom. The zero-order valence-electron chi connectivity index (χ0n) is 41.6. The molecule has 1 saturated heterocycles. The number of esters is 3. The summed E-state index contributed by atoms with van der Waals surface area (Å²) in [6, 6.07) is 0. The van der Waals surface area contributed by atoms with Crippen LogP contribution in [0.15, 0.2) is 48.6 Å². The van der Waals surface area contributed by atoms with E-state index in [1.165, 1.54) is 51.4 Å². The first-order chi connectivity index (χ1) is 31.5. The molecule has 1 unspecified atom stereocenters. The molecular weight excluding hydrogens is 803 g/mol. The average Bonchev–Trinajstić information content (AvgIpc) is 3.82. The Hall–Kier alpha value is -2.75. The van der Waals surface area contributed by atoms with Gasteiger partial charge in [0.05, 0.1) is 19.6 Å². The SMILES string of the molecule is CC/C=C\CCCCOC(CCC(=O)OCCCCC(CCCCOC(=O)CCCCCCC/C=C\C/C=C\CCCCC)OC(=O)CCCN1CCCC1)OCCCC/C=C\CC. The molecule has 1 rings (SSSR count). The number of allylic oxidation sites excluding steroid dienone is 8. The largest absolute Gasteiger partial charge is 0.466 e. The van der Waals surface area contributed by atoms with E-state index < -0.39 is 6.29 Å². The lowest BCUT2D eigenvalue weighted by Gasteiger charge is -2.19. The second-order valence-corrected chi connectivity index (χ2v) is 17.6. The number of unbranched alkanes of at least 4 members (excludes halogenated alkanes) is 14. The van der Waals surface area contributed by atoms with Crippen molar-refractivity contribution in [2.45, 2.75) is 239 Å². The first kappa shape index (κ1) is 59.3. The van der Waals surface area contributed by atoms with Crippen LogP contribution in [0.1, 0.15) is 226 Å². The number of rotatable bonds is 46. The Labute approximate surface area is 392 Å². The van der Waals surface area contributed by atoms with Crippen molar-refractivity contribution in [3.63, 3.8) is 0 Å². The van der Waals surface area contributed by atoms with Crippen LogP contribution in [0.25, 0.3) is 0 Å². The molecule has 0 aromatic rings. The van der Waals surface area contributed by atoms with Gasteiger partial charge in [0.1, 0.15) is 6.10 Å². The van der Waals surface area contributed by atoms with Crippen molar-refractivity contribution in [2.24, 2.45) is 0 Å². The van der Waals surface area contributed by atoms with Gasteiger partial charge in [-0.2, -0.15) is 0 Å². The van der Waals surface area contributed by atoms with Gasteiger partial charge in [-0.15, -0.1) is 0 Å². The second-order valence-electron chi connectivity index (χ2n) is 17.6. The molecule has 1 atom stereocenters. The second kappa shape index (κ2) is 46.8.